The van der Waals surface area contributed by atoms with E-state index >= 15 is 0 Å². The minimum atomic E-state index is -1.31. The van der Waals surface area contributed by atoms with E-state index in [0.29, 0.717) is 13.0 Å². The number of hydrogen-bond donors (Lipinski definition) is 5. The Kier molecular flexibility index (Phi) is 3.54. The number of rotatable bonds is 2. The zero-order valence-electron chi connectivity index (χ0n) is 12.5. The third-order valence-electron chi connectivity index (χ3n) is 4.40. The van der Waals surface area contributed by atoms with E-state index in [0.717, 1.165) is 0 Å². The molecule has 4 rings (SSSR count). The Labute approximate surface area is 134 Å². The number of imidazole rings is 1. The van der Waals surface area contributed by atoms with Gasteiger partial charge in [-0.1, -0.05) is 0 Å². The molecule has 2 aromatic heterocycles. The average Bonchev–Trinajstić information content (AvgIpc) is 3.10. The predicted octanol–water partition coefficient (Wildman–Crippen LogP) is -2.66. The van der Waals surface area contributed by atoms with Gasteiger partial charge in [-0.3, -0.25) is 13.9 Å². The molecule has 5 N–H and O–H groups in total. The molecule has 2 aliphatic rings. The first-order valence-electron chi connectivity index (χ1n) is 7.55. The number of aliphatic hydroxyl groups excluding tert-OH is 4. The second-order valence-electron chi connectivity index (χ2n) is 5.89. The van der Waals surface area contributed by atoms with Gasteiger partial charge in [0.2, 0.25) is 5.95 Å². The summed E-state index contributed by atoms with van der Waals surface area (Å²) in [7, 11) is 0. The van der Waals surface area contributed by atoms with E-state index in [1.165, 1.54) is 15.5 Å². The van der Waals surface area contributed by atoms with E-state index in [9.17, 15) is 25.2 Å². The Balaban J connectivity index is 1.82. The molecule has 2 aromatic rings. The van der Waals surface area contributed by atoms with Crippen LogP contribution in [0.5, 0.6) is 0 Å². The SMILES string of the molecule is O=c1c2ncn([C@@H]3O[C@H](CO)[C@@H](O)[C@H]3O)c2nc2n1CCC(O)N2. The van der Waals surface area contributed by atoms with Gasteiger partial charge in [0.1, 0.15) is 24.5 Å². The highest BCUT2D eigenvalue weighted by Gasteiger charge is 2.44. The van der Waals surface area contributed by atoms with E-state index < -0.39 is 37.4 Å². The highest BCUT2D eigenvalue weighted by molar-refractivity contribution is 5.71. The van der Waals surface area contributed by atoms with E-state index in [2.05, 4.69) is 15.3 Å². The predicted molar refractivity (Wildman–Crippen MR) is 79.0 cm³/mol. The van der Waals surface area contributed by atoms with Crippen LogP contribution >= 0.6 is 0 Å². The van der Waals surface area contributed by atoms with E-state index in [4.69, 9.17) is 4.74 Å². The second-order valence-corrected chi connectivity index (χ2v) is 5.89. The first kappa shape index (κ1) is 15.5. The molecule has 1 saturated heterocycles. The van der Waals surface area contributed by atoms with Crippen LogP contribution in [0.15, 0.2) is 11.1 Å². The third kappa shape index (κ3) is 2.13. The highest BCUT2D eigenvalue weighted by Crippen LogP contribution is 2.31. The van der Waals surface area contributed by atoms with Gasteiger partial charge in [0, 0.05) is 13.0 Å². The van der Waals surface area contributed by atoms with Crippen molar-refractivity contribution in [3.8, 4) is 0 Å². The lowest BCUT2D eigenvalue weighted by molar-refractivity contribution is -0.0511. The van der Waals surface area contributed by atoms with Gasteiger partial charge in [-0.25, -0.2) is 4.98 Å². The van der Waals surface area contributed by atoms with Crippen molar-refractivity contribution in [1.82, 2.24) is 19.1 Å². The van der Waals surface area contributed by atoms with Gasteiger partial charge in [-0.2, -0.15) is 4.98 Å². The number of hydrogen-bond acceptors (Lipinski definition) is 9. The van der Waals surface area contributed by atoms with Crippen molar-refractivity contribution >= 4 is 17.1 Å². The molecule has 1 unspecified atom stereocenters. The second kappa shape index (κ2) is 5.50. The summed E-state index contributed by atoms with van der Waals surface area (Å²) in [4.78, 5) is 20.8. The lowest BCUT2D eigenvalue weighted by Gasteiger charge is -2.23. The summed E-state index contributed by atoms with van der Waals surface area (Å²) in [6.07, 6.45) is -3.70. The highest BCUT2D eigenvalue weighted by atomic mass is 16.6. The van der Waals surface area contributed by atoms with Crippen molar-refractivity contribution in [3.63, 3.8) is 0 Å². The van der Waals surface area contributed by atoms with Crippen LogP contribution in [0.3, 0.4) is 0 Å². The molecule has 5 atom stereocenters. The summed E-state index contributed by atoms with van der Waals surface area (Å²) < 4.78 is 8.16. The normalized spacial score (nSPS) is 32.8. The van der Waals surface area contributed by atoms with Crippen LogP contribution in [0.2, 0.25) is 0 Å². The largest absolute Gasteiger partial charge is 0.394 e. The number of aliphatic hydroxyl groups is 4. The van der Waals surface area contributed by atoms with E-state index in [1.54, 1.807) is 0 Å². The first-order chi connectivity index (χ1) is 11.5. The molecule has 0 spiro atoms. The summed E-state index contributed by atoms with van der Waals surface area (Å²) in [5.74, 6) is 0.194. The maximum absolute atomic E-state index is 12.5. The van der Waals surface area contributed by atoms with Crippen molar-refractivity contribution in [2.24, 2.45) is 0 Å². The number of nitrogens with zero attached hydrogens (tertiary/aromatic N) is 4. The number of anilines is 1. The fourth-order valence-corrected chi connectivity index (χ4v) is 3.09. The van der Waals surface area contributed by atoms with Gasteiger partial charge in [0.05, 0.1) is 12.9 Å². The van der Waals surface area contributed by atoms with Crippen LogP contribution in [-0.4, -0.2) is 70.7 Å². The fourth-order valence-electron chi connectivity index (χ4n) is 3.09. The Morgan fingerprint density at radius 1 is 1.33 bits per heavy atom. The summed E-state index contributed by atoms with van der Waals surface area (Å²) in [5.41, 5.74) is -0.128. The van der Waals surface area contributed by atoms with Crippen molar-refractivity contribution in [2.75, 3.05) is 11.9 Å². The molecule has 24 heavy (non-hydrogen) atoms. The van der Waals surface area contributed by atoms with Crippen LogP contribution in [0, 0.1) is 0 Å². The summed E-state index contributed by atoms with van der Waals surface area (Å²) in [6, 6.07) is 0. The van der Waals surface area contributed by atoms with Crippen LogP contribution in [0.4, 0.5) is 5.95 Å². The topological polar surface area (TPSA) is 155 Å². The van der Waals surface area contributed by atoms with E-state index in [-0.39, 0.29) is 22.7 Å². The van der Waals surface area contributed by atoms with Crippen molar-refractivity contribution in [2.45, 2.75) is 43.7 Å². The average molecular weight is 339 g/mol. The molecule has 0 radical (unpaired) electrons. The standard InChI is InChI=1S/C13H17N5O6/c19-3-5-8(21)9(22)12(24-5)18-4-14-7-10(18)16-13-15-6(20)1-2-17(13)11(7)23/h4-6,8-9,12,19-22H,1-3H2,(H,15,16)/t5-,6?,8-,9-,12-/m1/s1. The number of ether oxygens (including phenoxy) is 1. The lowest BCUT2D eigenvalue weighted by atomic mass is 10.1. The van der Waals surface area contributed by atoms with E-state index in [1.807, 2.05) is 0 Å². The first-order valence-corrected chi connectivity index (χ1v) is 7.55. The van der Waals surface area contributed by atoms with Gasteiger partial charge in [0.15, 0.2) is 17.4 Å². The molecule has 0 aromatic carbocycles. The third-order valence-corrected chi connectivity index (χ3v) is 4.40. The molecule has 0 amide bonds. The van der Waals surface area contributed by atoms with Crippen LogP contribution in [-0.2, 0) is 11.3 Å². The minimum absolute atomic E-state index is 0.0923. The summed E-state index contributed by atoms with van der Waals surface area (Å²) in [5, 5.41) is 41.6. The summed E-state index contributed by atoms with van der Waals surface area (Å²) in [6.45, 7) is -0.146. The Bertz CT molecular complexity index is 834. The molecule has 1 fully saturated rings. The molecule has 130 valence electrons. The Morgan fingerprint density at radius 3 is 2.83 bits per heavy atom. The fraction of sp³-hybridized carbons (Fsp3) is 0.615. The molecule has 4 heterocycles. The smallest absolute Gasteiger partial charge is 0.283 e. The minimum Gasteiger partial charge on any atom is -0.394 e. The zero-order chi connectivity index (χ0) is 17.0. The molecule has 0 saturated carbocycles. The quantitative estimate of drug-likeness (QED) is 0.394. The molecule has 11 heteroatoms. The van der Waals surface area contributed by atoms with Crippen LogP contribution in [0.1, 0.15) is 12.6 Å². The molecular weight excluding hydrogens is 322 g/mol. The molecule has 11 nitrogen and oxygen atoms in total. The molecular formula is C13H17N5O6. The molecule has 0 bridgehead atoms. The van der Waals surface area contributed by atoms with Crippen molar-refractivity contribution in [3.05, 3.63) is 16.7 Å². The van der Waals surface area contributed by atoms with Gasteiger partial charge in [-0.05, 0) is 0 Å². The lowest BCUT2D eigenvalue weighted by Crippen LogP contribution is -2.36. The number of nitrogens with one attached hydrogen (secondary N) is 1. The Morgan fingerprint density at radius 2 is 2.12 bits per heavy atom. The monoisotopic (exact) mass is 339 g/mol. The van der Waals surface area contributed by atoms with Crippen molar-refractivity contribution < 1.29 is 25.2 Å². The zero-order valence-corrected chi connectivity index (χ0v) is 12.5. The van der Waals surface area contributed by atoms with Crippen LogP contribution in [0.25, 0.3) is 11.2 Å². The Hall–Kier alpha value is -2.05. The number of aromatic nitrogens is 4. The molecule has 0 aliphatic carbocycles. The maximum Gasteiger partial charge on any atom is 0.283 e. The van der Waals surface area contributed by atoms with Crippen molar-refractivity contribution in [1.29, 1.82) is 0 Å². The maximum atomic E-state index is 12.5. The van der Waals surface area contributed by atoms with Crippen LogP contribution < -0.4 is 10.9 Å². The summed E-state index contributed by atoms with van der Waals surface area (Å²) >= 11 is 0. The molecule has 2 aliphatic heterocycles. The van der Waals surface area contributed by atoms with Gasteiger partial charge in [-0.15, -0.1) is 0 Å². The number of fused-ring (bicyclic) bond motifs is 2. The van der Waals surface area contributed by atoms with Gasteiger partial charge < -0.3 is 30.5 Å². The van der Waals surface area contributed by atoms with Gasteiger partial charge in [0.25, 0.3) is 5.56 Å². The van der Waals surface area contributed by atoms with Gasteiger partial charge >= 0.3 is 0 Å².